The van der Waals surface area contributed by atoms with Crippen molar-refractivity contribution in [3.63, 3.8) is 0 Å². The first-order valence-corrected chi connectivity index (χ1v) is 13.6. The zero-order valence-corrected chi connectivity index (χ0v) is 21.6. The second-order valence-electron chi connectivity index (χ2n) is 8.11. The zero-order chi connectivity index (χ0) is 26.7. The number of carbonyl (C=O) groups excluding carboxylic acids is 2. The van der Waals surface area contributed by atoms with E-state index in [9.17, 15) is 26.4 Å². The van der Waals surface area contributed by atoms with E-state index in [2.05, 4.69) is 0 Å². The van der Waals surface area contributed by atoms with Gasteiger partial charge in [-0.15, -0.1) is 0 Å². The van der Waals surface area contributed by atoms with Crippen LogP contribution in [-0.4, -0.2) is 60.0 Å². The summed E-state index contributed by atoms with van der Waals surface area (Å²) in [5.74, 6) is -1.65. The van der Waals surface area contributed by atoms with Crippen molar-refractivity contribution in [3.05, 3.63) is 59.7 Å². The topological polar surface area (TPSA) is 149 Å². The van der Waals surface area contributed by atoms with E-state index in [1.807, 2.05) is 0 Å². The molecule has 0 bridgehead atoms. The van der Waals surface area contributed by atoms with Crippen LogP contribution in [-0.2, 0) is 52.4 Å². The molecule has 0 radical (unpaired) electrons. The number of aryl methyl sites for hydroxylation is 2. The van der Waals surface area contributed by atoms with Gasteiger partial charge in [-0.05, 0) is 38.1 Å². The quantitative estimate of drug-likeness (QED) is 0.338. The summed E-state index contributed by atoms with van der Waals surface area (Å²) in [6.45, 7) is 4.95. The highest BCUT2D eigenvalue weighted by molar-refractivity contribution is 7.87. The number of hydrogen-bond donors (Lipinski definition) is 0. The molecule has 0 amide bonds. The molecule has 13 heteroatoms. The summed E-state index contributed by atoms with van der Waals surface area (Å²) < 4.78 is 77.5. The Balaban J connectivity index is 1.91. The Morgan fingerprint density at radius 3 is 1.69 bits per heavy atom. The van der Waals surface area contributed by atoms with Crippen LogP contribution in [0.15, 0.2) is 58.3 Å². The second kappa shape index (κ2) is 11.0. The monoisotopic (exact) mass is 542 g/mol. The summed E-state index contributed by atoms with van der Waals surface area (Å²) in [5.41, 5.74) is 1.63. The molecule has 1 aliphatic heterocycles. The minimum absolute atomic E-state index is 0.135. The molecule has 1 heterocycles. The summed E-state index contributed by atoms with van der Waals surface area (Å²) in [5, 5.41) is 0. The first kappa shape index (κ1) is 27.7. The minimum Gasteiger partial charge on any atom is -0.453 e. The first-order valence-electron chi connectivity index (χ1n) is 10.7. The van der Waals surface area contributed by atoms with E-state index in [0.29, 0.717) is 0 Å². The average molecular weight is 543 g/mol. The summed E-state index contributed by atoms with van der Waals surface area (Å²) in [4.78, 5) is 23.0. The van der Waals surface area contributed by atoms with Gasteiger partial charge in [-0.1, -0.05) is 35.4 Å². The van der Waals surface area contributed by atoms with Gasteiger partial charge in [0.2, 0.25) is 6.29 Å². The largest absolute Gasteiger partial charge is 0.453 e. The van der Waals surface area contributed by atoms with Crippen molar-refractivity contribution in [2.24, 2.45) is 0 Å². The van der Waals surface area contributed by atoms with Crippen molar-refractivity contribution < 1.29 is 49.0 Å². The molecular formula is C23H26O11S2. The molecule has 1 unspecified atom stereocenters. The average Bonchev–Trinajstić information content (AvgIpc) is 3.07. The molecule has 196 valence electrons. The Morgan fingerprint density at radius 2 is 1.22 bits per heavy atom. The van der Waals surface area contributed by atoms with Crippen LogP contribution in [0.2, 0.25) is 0 Å². The van der Waals surface area contributed by atoms with Crippen LogP contribution in [0.5, 0.6) is 0 Å². The van der Waals surface area contributed by atoms with Crippen LogP contribution in [0.1, 0.15) is 25.0 Å². The van der Waals surface area contributed by atoms with Gasteiger partial charge in [-0.3, -0.25) is 18.0 Å². The van der Waals surface area contributed by atoms with Gasteiger partial charge in [0.05, 0.1) is 16.4 Å². The molecule has 36 heavy (non-hydrogen) atoms. The Bertz CT molecular complexity index is 1300. The van der Waals surface area contributed by atoms with E-state index in [1.165, 1.54) is 24.3 Å². The number of benzene rings is 2. The lowest BCUT2D eigenvalue weighted by Crippen LogP contribution is -2.42. The predicted molar refractivity (Wildman–Crippen MR) is 124 cm³/mol. The molecule has 2 aromatic rings. The molecule has 1 saturated heterocycles. The van der Waals surface area contributed by atoms with Crippen molar-refractivity contribution in [1.82, 2.24) is 0 Å². The number of rotatable bonds is 9. The molecule has 0 aliphatic carbocycles. The summed E-state index contributed by atoms with van der Waals surface area (Å²) in [7, 11) is -8.71. The summed E-state index contributed by atoms with van der Waals surface area (Å²) >= 11 is 0. The Kier molecular flexibility index (Phi) is 8.52. The van der Waals surface area contributed by atoms with Gasteiger partial charge in [0, 0.05) is 13.8 Å². The highest BCUT2D eigenvalue weighted by atomic mass is 32.2. The lowest BCUT2D eigenvalue weighted by atomic mass is 10.1. The van der Waals surface area contributed by atoms with Gasteiger partial charge in [0.15, 0.2) is 6.10 Å². The van der Waals surface area contributed by atoms with Crippen LogP contribution in [0.4, 0.5) is 0 Å². The molecule has 0 N–H and O–H groups in total. The molecule has 0 saturated carbocycles. The minimum atomic E-state index is -4.44. The van der Waals surface area contributed by atoms with Crippen LogP contribution in [0.3, 0.4) is 0 Å². The van der Waals surface area contributed by atoms with Gasteiger partial charge in [-0.2, -0.15) is 16.8 Å². The van der Waals surface area contributed by atoms with E-state index in [0.717, 1.165) is 25.0 Å². The van der Waals surface area contributed by atoms with Crippen molar-refractivity contribution in [1.29, 1.82) is 0 Å². The number of carbonyl (C=O) groups is 2. The number of hydrogen-bond acceptors (Lipinski definition) is 11. The molecule has 0 spiro atoms. The normalized spacial score (nSPS) is 22.2. The van der Waals surface area contributed by atoms with E-state index in [1.54, 1.807) is 38.1 Å². The smallest absolute Gasteiger partial charge is 0.305 e. The predicted octanol–water partition coefficient (Wildman–Crippen LogP) is 2.00. The third-order valence-corrected chi connectivity index (χ3v) is 7.72. The maximum atomic E-state index is 13.0. The molecule has 1 fully saturated rings. The van der Waals surface area contributed by atoms with Crippen molar-refractivity contribution in [3.8, 4) is 0 Å². The molecule has 3 rings (SSSR count). The SMILES string of the molecule is CC(=O)OC1O[C@H](COS(=O)(=O)c2ccc(C)cc2)[C@H](OS(=O)(=O)c2ccc(C)cc2)[C@H]1OC(C)=O. The van der Waals surface area contributed by atoms with E-state index in [4.69, 9.17) is 22.6 Å². The van der Waals surface area contributed by atoms with Gasteiger partial charge in [0.25, 0.3) is 20.2 Å². The highest BCUT2D eigenvalue weighted by Gasteiger charge is 2.52. The van der Waals surface area contributed by atoms with Crippen LogP contribution < -0.4 is 0 Å². The van der Waals surface area contributed by atoms with Crippen LogP contribution in [0, 0.1) is 13.8 Å². The molecule has 2 aromatic carbocycles. The van der Waals surface area contributed by atoms with E-state index >= 15 is 0 Å². The third-order valence-electron chi connectivity index (χ3n) is 5.10. The Hall–Kier alpha value is -2.84. The maximum Gasteiger partial charge on any atom is 0.305 e. The zero-order valence-electron chi connectivity index (χ0n) is 19.9. The number of esters is 2. The Morgan fingerprint density at radius 1 is 0.750 bits per heavy atom. The summed E-state index contributed by atoms with van der Waals surface area (Å²) in [6, 6.07) is 11.6. The molecule has 4 atom stereocenters. The Labute approximate surface area is 209 Å². The van der Waals surface area contributed by atoms with Crippen LogP contribution >= 0.6 is 0 Å². The van der Waals surface area contributed by atoms with E-state index < -0.39 is 63.4 Å². The fraction of sp³-hybridized carbons (Fsp3) is 0.391. The van der Waals surface area contributed by atoms with Gasteiger partial charge >= 0.3 is 11.9 Å². The van der Waals surface area contributed by atoms with Gasteiger partial charge in [-0.25, -0.2) is 0 Å². The standard InChI is InChI=1S/C23H26O11S2/c1-14-5-9-18(10-6-14)35(26,27)30-13-20-21(22(31-16(3)24)23(33-20)32-17(4)25)34-36(28,29)19-11-7-15(2)8-12-19/h5-12,20-23H,13H2,1-4H3/t20-,21+,22-,23?/m1/s1. The highest BCUT2D eigenvalue weighted by Crippen LogP contribution is 2.32. The third kappa shape index (κ3) is 6.89. The first-order chi connectivity index (χ1) is 16.8. The fourth-order valence-corrected chi connectivity index (χ4v) is 5.38. The van der Waals surface area contributed by atoms with Gasteiger partial charge < -0.3 is 14.2 Å². The summed E-state index contributed by atoms with van der Waals surface area (Å²) in [6.07, 6.45) is -6.11. The lowest BCUT2D eigenvalue weighted by molar-refractivity contribution is -0.195. The molecule has 11 nitrogen and oxygen atoms in total. The van der Waals surface area contributed by atoms with Crippen LogP contribution in [0.25, 0.3) is 0 Å². The van der Waals surface area contributed by atoms with E-state index in [-0.39, 0.29) is 9.79 Å². The van der Waals surface area contributed by atoms with Crippen molar-refractivity contribution in [2.75, 3.05) is 6.61 Å². The second-order valence-corrected chi connectivity index (χ2v) is 11.3. The van der Waals surface area contributed by atoms with Gasteiger partial charge in [0.1, 0.15) is 12.2 Å². The maximum absolute atomic E-state index is 13.0. The molecular weight excluding hydrogens is 516 g/mol. The van der Waals surface area contributed by atoms with Crippen molar-refractivity contribution in [2.45, 2.75) is 62.1 Å². The van der Waals surface area contributed by atoms with Crippen molar-refractivity contribution >= 4 is 32.2 Å². The fourth-order valence-electron chi connectivity index (χ4n) is 3.35. The molecule has 1 aliphatic rings. The molecule has 0 aromatic heterocycles. The number of ether oxygens (including phenoxy) is 3. The lowest BCUT2D eigenvalue weighted by Gasteiger charge is -2.23.